The van der Waals surface area contributed by atoms with E-state index in [-0.39, 0.29) is 12.1 Å². The Morgan fingerprint density at radius 1 is 1.62 bits per heavy atom. The molecule has 1 heterocycles. The van der Waals surface area contributed by atoms with Gasteiger partial charge in [0, 0.05) is 19.1 Å². The number of amides is 1. The maximum absolute atomic E-state index is 11.3. The second kappa shape index (κ2) is 6.33. The van der Waals surface area contributed by atoms with Gasteiger partial charge in [0.2, 0.25) is 0 Å². The summed E-state index contributed by atoms with van der Waals surface area (Å²) < 4.78 is 4.84. The fourth-order valence-corrected chi connectivity index (χ4v) is 2.13. The van der Waals surface area contributed by atoms with Gasteiger partial charge in [-0.15, -0.1) is 0 Å². The van der Waals surface area contributed by atoms with Crippen molar-refractivity contribution in [2.75, 3.05) is 26.2 Å². The highest BCUT2D eigenvalue weighted by molar-refractivity contribution is 5.67. The van der Waals surface area contributed by atoms with Crippen molar-refractivity contribution in [1.82, 2.24) is 10.2 Å². The van der Waals surface area contributed by atoms with Crippen LogP contribution in [0.4, 0.5) is 4.79 Å². The molecule has 1 aliphatic heterocycles. The number of nitrogens with zero attached hydrogens (tertiary/aromatic N) is 2. The molecule has 0 aromatic carbocycles. The van der Waals surface area contributed by atoms with Crippen LogP contribution in [0.2, 0.25) is 0 Å². The molecule has 1 aliphatic rings. The van der Waals surface area contributed by atoms with Crippen LogP contribution in [-0.2, 0) is 4.74 Å². The van der Waals surface area contributed by atoms with E-state index in [1.54, 1.807) is 6.92 Å². The molecular formula is C11H19N3O2. The van der Waals surface area contributed by atoms with Crippen LogP contribution >= 0.6 is 0 Å². The van der Waals surface area contributed by atoms with Gasteiger partial charge in [-0.2, -0.15) is 5.26 Å². The van der Waals surface area contributed by atoms with Gasteiger partial charge in [-0.25, -0.2) is 4.79 Å². The lowest BCUT2D eigenvalue weighted by Crippen LogP contribution is -2.50. The molecule has 5 heteroatoms. The summed E-state index contributed by atoms with van der Waals surface area (Å²) >= 11 is 0. The number of ether oxygens (including phenoxy) is 1. The van der Waals surface area contributed by atoms with Gasteiger partial charge in [-0.1, -0.05) is 6.92 Å². The zero-order valence-electron chi connectivity index (χ0n) is 9.90. The summed E-state index contributed by atoms with van der Waals surface area (Å²) in [7, 11) is 0. The third-order valence-corrected chi connectivity index (χ3v) is 2.63. The Morgan fingerprint density at radius 3 is 3.00 bits per heavy atom. The number of alkyl carbamates (subject to hydrolysis) is 1. The van der Waals surface area contributed by atoms with E-state index in [4.69, 9.17) is 10.00 Å². The SMILES string of the molecule is CCOC(=O)NC1CC(C)CN(CC#N)C1. The van der Waals surface area contributed by atoms with Gasteiger partial charge in [0.1, 0.15) is 0 Å². The highest BCUT2D eigenvalue weighted by atomic mass is 16.5. The predicted octanol–water partition coefficient (Wildman–Crippen LogP) is 0.966. The molecule has 1 saturated heterocycles. The molecule has 1 amide bonds. The van der Waals surface area contributed by atoms with Crippen LogP contribution in [0.3, 0.4) is 0 Å². The molecule has 2 atom stereocenters. The Hall–Kier alpha value is -1.28. The molecule has 0 aromatic rings. The van der Waals surface area contributed by atoms with Crippen molar-refractivity contribution < 1.29 is 9.53 Å². The summed E-state index contributed by atoms with van der Waals surface area (Å²) in [5.41, 5.74) is 0. The average molecular weight is 225 g/mol. The lowest BCUT2D eigenvalue weighted by Gasteiger charge is -2.35. The van der Waals surface area contributed by atoms with Crippen LogP contribution in [0.5, 0.6) is 0 Å². The third kappa shape index (κ3) is 4.07. The smallest absolute Gasteiger partial charge is 0.407 e. The molecule has 1 fully saturated rings. The van der Waals surface area contributed by atoms with E-state index in [1.165, 1.54) is 0 Å². The van der Waals surface area contributed by atoms with Crippen LogP contribution in [0.25, 0.3) is 0 Å². The minimum atomic E-state index is -0.362. The number of piperidine rings is 1. The molecule has 0 radical (unpaired) electrons. The molecule has 16 heavy (non-hydrogen) atoms. The Morgan fingerprint density at radius 2 is 2.38 bits per heavy atom. The zero-order valence-corrected chi connectivity index (χ0v) is 9.90. The van der Waals surface area contributed by atoms with Gasteiger partial charge in [0.15, 0.2) is 0 Å². The van der Waals surface area contributed by atoms with Crippen molar-refractivity contribution in [3.05, 3.63) is 0 Å². The topological polar surface area (TPSA) is 65.4 Å². The van der Waals surface area contributed by atoms with Crippen molar-refractivity contribution in [3.63, 3.8) is 0 Å². The van der Waals surface area contributed by atoms with Crippen molar-refractivity contribution in [3.8, 4) is 6.07 Å². The average Bonchev–Trinajstić information content (AvgIpc) is 2.17. The summed E-state index contributed by atoms with van der Waals surface area (Å²) in [6.45, 7) is 6.38. The number of nitrogens with one attached hydrogen (secondary N) is 1. The van der Waals surface area contributed by atoms with Crippen molar-refractivity contribution >= 4 is 6.09 Å². The number of hydrogen-bond acceptors (Lipinski definition) is 4. The maximum atomic E-state index is 11.3. The zero-order chi connectivity index (χ0) is 12.0. The Kier molecular flexibility index (Phi) is 5.06. The fourth-order valence-electron chi connectivity index (χ4n) is 2.13. The lowest BCUT2D eigenvalue weighted by molar-refractivity contribution is 0.126. The molecule has 90 valence electrons. The van der Waals surface area contributed by atoms with Crippen molar-refractivity contribution in [2.45, 2.75) is 26.3 Å². The van der Waals surface area contributed by atoms with Crippen LogP contribution < -0.4 is 5.32 Å². The van der Waals surface area contributed by atoms with Crippen molar-refractivity contribution in [2.24, 2.45) is 5.92 Å². The minimum absolute atomic E-state index is 0.0937. The first-order valence-electron chi connectivity index (χ1n) is 5.68. The van der Waals surface area contributed by atoms with Crippen LogP contribution in [0.1, 0.15) is 20.3 Å². The highest BCUT2D eigenvalue weighted by Gasteiger charge is 2.25. The molecule has 0 aliphatic carbocycles. The largest absolute Gasteiger partial charge is 0.450 e. The molecule has 0 aromatic heterocycles. The third-order valence-electron chi connectivity index (χ3n) is 2.63. The first-order chi connectivity index (χ1) is 7.65. The van der Waals surface area contributed by atoms with Crippen LogP contribution in [0.15, 0.2) is 0 Å². The van der Waals surface area contributed by atoms with Gasteiger partial charge in [-0.3, -0.25) is 4.90 Å². The van der Waals surface area contributed by atoms with E-state index in [2.05, 4.69) is 23.2 Å². The van der Waals surface area contributed by atoms with E-state index in [0.29, 0.717) is 19.1 Å². The normalized spacial score (nSPS) is 25.8. The van der Waals surface area contributed by atoms with E-state index in [9.17, 15) is 4.79 Å². The van der Waals surface area contributed by atoms with E-state index >= 15 is 0 Å². The van der Waals surface area contributed by atoms with Gasteiger partial charge in [-0.05, 0) is 19.3 Å². The standard InChI is InChI=1S/C11H19N3O2/c1-3-16-11(15)13-10-6-9(2)7-14(8-10)5-4-12/h9-10H,3,5-8H2,1-2H3,(H,13,15). The number of hydrogen-bond donors (Lipinski definition) is 1. The van der Waals surface area contributed by atoms with Crippen LogP contribution in [-0.4, -0.2) is 43.3 Å². The van der Waals surface area contributed by atoms with E-state index in [0.717, 1.165) is 19.5 Å². The molecule has 0 spiro atoms. The Bertz CT molecular complexity index is 275. The second-order valence-electron chi connectivity index (χ2n) is 4.25. The number of rotatable bonds is 3. The molecule has 0 saturated carbocycles. The summed E-state index contributed by atoms with van der Waals surface area (Å²) in [5.74, 6) is 0.494. The molecule has 1 N–H and O–H groups in total. The molecule has 0 bridgehead atoms. The first-order valence-corrected chi connectivity index (χ1v) is 5.68. The van der Waals surface area contributed by atoms with Gasteiger partial charge in [0.25, 0.3) is 0 Å². The van der Waals surface area contributed by atoms with Gasteiger partial charge < -0.3 is 10.1 Å². The summed E-state index contributed by atoms with van der Waals surface area (Å²) in [5, 5.41) is 11.5. The lowest BCUT2D eigenvalue weighted by atomic mass is 9.96. The van der Waals surface area contributed by atoms with Crippen LogP contribution in [0, 0.1) is 17.2 Å². The Labute approximate surface area is 96.4 Å². The fraction of sp³-hybridized carbons (Fsp3) is 0.818. The highest BCUT2D eigenvalue weighted by Crippen LogP contribution is 2.15. The Balaban J connectivity index is 2.41. The second-order valence-corrected chi connectivity index (χ2v) is 4.25. The number of carbonyl (C=O) groups is 1. The summed E-state index contributed by atoms with van der Waals surface area (Å²) in [4.78, 5) is 13.3. The number of likely N-dealkylation sites (tertiary alicyclic amines) is 1. The van der Waals surface area contributed by atoms with E-state index < -0.39 is 0 Å². The monoisotopic (exact) mass is 225 g/mol. The molecule has 5 nitrogen and oxygen atoms in total. The summed E-state index contributed by atoms with van der Waals surface area (Å²) in [6, 6.07) is 2.23. The van der Waals surface area contributed by atoms with E-state index in [1.807, 2.05) is 0 Å². The van der Waals surface area contributed by atoms with Crippen molar-refractivity contribution in [1.29, 1.82) is 5.26 Å². The molecular weight excluding hydrogens is 206 g/mol. The predicted molar refractivity (Wildman–Crippen MR) is 59.8 cm³/mol. The van der Waals surface area contributed by atoms with Gasteiger partial charge in [0.05, 0.1) is 19.2 Å². The maximum Gasteiger partial charge on any atom is 0.407 e. The summed E-state index contributed by atoms with van der Waals surface area (Å²) in [6.07, 6.45) is 0.583. The molecule has 2 unspecified atom stereocenters. The molecule has 1 rings (SSSR count). The minimum Gasteiger partial charge on any atom is -0.450 e. The first kappa shape index (κ1) is 12.8. The number of nitriles is 1. The quantitative estimate of drug-likeness (QED) is 0.727. The number of carbonyl (C=O) groups excluding carboxylic acids is 1. The van der Waals surface area contributed by atoms with Gasteiger partial charge >= 0.3 is 6.09 Å².